The predicted octanol–water partition coefficient (Wildman–Crippen LogP) is 14.2. The van der Waals surface area contributed by atoms with Crippen molar-refractivity contribution in [3.8, 4) is 0 Å². The number of allylic oxidation sites excluding steroid dienone is 8. The van der Waals surface area contributed by atoms with Crippen molar-refractivity contribution in [1.29, 1.82) is 0 Å². The average molecular weight is 756 g/mol. The van der Waals surface area contributed by atoms with Crippen LogP contribution in [0.1, 0.15) is 226 Å². The molecule has 0 saturated carbocycles. The van der Waals surface area contributed by atoms with Crippen LogP contribution in [-0.2, 0) is 19.1 Å². The Morgan fingerprint density at radius 3 is 1.39 bits per heavy atom. The lowest BCUT2D eigenvalue weighted by molar-refractivity contribution is -0.150. The van der Waals surface area contributed by atoms with E-state index in [1.165, 1.54) is 116 Å². The Hall–Kier alpha value is -2.63. The third kappa shape index (κ3) is 42.1. The van der Waals surface area contributed by atoms with Crippen LogP contribution in [0, 0.1) is 0 Å². The predicted molar refractivity (Wildman–Crippen MR) is 231 cm³/mol. The Bertz CT molecular complexity index is 968. The summed E-state index contributed by atoms with van der Waals surface area (Å²) < 4.78 is 6.02. The molecule has 0 radical (unpaired) electrons. The quantitative estimate of drug-likeness (QED) is 0.0368. The SMILES string of the molecule is CCCCC/C=C\C/C=C\CCCCCCCCCCCC(=O)OC(CCC/C=C\C/C=C\CCCCCCC)CCCCCCCC(=O)NCC(=O)O. The molecule has 0 aliphatic carbocycles. The number of unbranched alkanes of at least 4 members (excludes halogenated alkanes) is 22. The monoisotopic (exact) mass is 756 g/mol. The molecule has 0 fully saturated rings. The number of nitrogens with one attached hydrogen (secondary N) is 1. The molecule has 1 unspecified atom stereocenters. The number of carboxylic acids is 1. The van der Waals surface area contributed by atoms with Crippen LogP contribution in [0.5, 0.6) is 0 Å². The first-order valence-corrected chi connectivity index (χ1v) is 22.8. The summed E-state index contributed by atoms with van der Waals surface area (Å²) in [7, 11) is 0. The molecule has 0 aromatic heterocycles. The molecular formula is C48H85NO5. The number of hydrogen-bond donors (Lipinski definition) is 2. The van der Waals surface area contributed by atoms with Crippen LogP contribution in [0.2, 0.25) is 0 Å². The molecule has 0 spiro atoms. The number of carboxylic acid groups (broad SMARTS) is 1. The zero-order valence-corrected chi connectivity index (χ0v) is 35.3. The topological polar surface area (TPSA) is 92.7 Å². The summed E-state index contributed by atoms with van der Waals surface area (Å²) in [5.41, 5.74) is 0. The Morgan fingerprint density at radius 2 is 0.870 bits per heavy atom. The number of rotatable bonds is 41. The van der Waals surface area contributed by atoms with Gasteiger partial charge in [0.15, 0.2) is 0 Å². The first-order valence-electron chi connectivity index (χ1n) is 22.8. The van der Waals surface area contributed by atoms with Gasteiger partial charge in [0.2, 0.25) is 5.91 Å². The fourth-order valence-electron chi connectivity index (χ4n) is 6.58. The van der Waals surface area contributed by atoms with Gasteiger partial charge in [0, 0.05) is 12.8 Å². The lowest BCUT2D eigenvalue weighted by atomic mass is 10.0. The van der Waals surface area contributed by atoms with Crippen LogP contribution in [0.25, 0.3) is 0 Å². The van der Waals surface area contributed by atoms with E-state index >= 15 is 0 Å². The van der Waals surface area contributed by atoms with E-state index in [0.29, 0.717) is 12.8 Å². The number of carbonyl (C=O) groups is 3. The molecule has 0 aliphatic rings. The highest BCUT2D eigenvalue weighted by molar-refractivity contribution is 5.80. The fraction of sp³-hybridized carbons (Fsp3) is 0.771. The minimum Gasteiger partial charge on any atom is -0.480 e. The maximum absolute atomic E-state index is 12.8. The summed E-state index contributed by atoms with van der Waals surface area (Å²) >= 11 is 0. The molecule has 54 heavy (non-hydrogen) atoms. The van der Waals surface area contributed by atoms with E-state index in [1.54, 1.807) is 0 Å². The van der Waals surface area contributed by atoms with Crippen molar-refractivity contribution in [1.82, 2.24) is 5.32 Å². The number of amides is 1. The van der Waals surface area contributed by atoms with Gasteiger partial charge in [-0.1, -0.05) is 165 Å². The molecule has 6 heteroatoms. The molecule has 1 atom stereocenters. The highest BCUT2D eigenvalue weighted by Gasteiger charge is 2.14. The molecule has 1 amide bonds. The molecule has 0 aromatic rings. The van der Waals surface area contributed by atoms with E-state index in [2.05, 4.69) is 67.8 Å². The second kappa shape index (κ2) is 43.1. The first-order chi connectivity index (χ1) is 26.5. The molecule has 0 heterocycles. The summed E-state index contributed by atoms with van der Waals surface area (Å²) in [5, 5.41) is 11.1. The van der Waals surface area contributed by atoms with Gasteiger partial charge in [0.25, 0.3) is 0 Å². The number of aliphatic carboxylic acids is 1. The van der Waals surface area contributed by atoms with E-state index < -0.39 is 5.97 Å². The third-order valence-electron chi connectivity index (χ3n) is 9.97. The Morgan fingerprint density at radius 1 is 0.481 bits per heavy atom. The molecule has 0 rings (SSSR count). The van der Waals surface area contributed by atoms with Crippen molar-refractivity contribution in [2.24, 2.45) is 0 Å². The van der Waals surface area contributed by atoms with Gasteiger partial charge in [-0.25, -0.2) is 0 Å². The number of carbonyl (C=O) groups excluding carboxylic acids is 2. The zero-order chi connectivity index (χ0) is 39.4. The van der Waals surface area contributed by atoms with Gasteiger partial charge in [-0.05, 0) is 96.3 Å². The third-order valence-corrected chi connectivity index (χ3v) is 9.97. The van der Waals surface area contributed by atoms with Crippen LogP contribution in [0.3, 0.4) is 0 Å². The molecule has 6 nitrogen and oxygen atoms in total. The van der Waals surface area contributed by atoms with E-state index in [-0.39, 0.29) is 24.5 Å². The van der Waals surface area contributed by atoms with E-state index in [9.17, 15) is 14.4 Å². The summed E-state index contributed by atoms with van der Waals surface area (Å²) in [6.45, 7) is 4.19. The molecule has 0 bridgehead atoms. The minimum atomic E-state index is -1.02. The van der Waals surface area contributed by atoms with Crippen LogP contribution in [0.4, 0.5) is 0 Å². The van der Waals surface area contributed by atoms with Crippen molar-refractivity contribution in [2.45, 2.75) is 232 Å². The van der Waals surface area contributed by atoms with Gasteiger partial charge in [-0.15, -0.1) is 0 Å². The average Bonchev–Trinajstić information content (AvgIpc) is 3.16. The normalized spacial score (nSPS) is 12.5. The number of ether oxygens (including phenoxy) is 1. The van der Waals surface area contributed by atoms with E-state index in [1.807, 2.05) is 0 Å². The molecule has 0 saturated heterocycles. The van der Waals surface area contributed by atoms with Gasteiger partial charge < -0.3 is 15.2 Å². The summed E-state index contributed by atoms with van der Waals surface area (Å²) in [4.78, 5) is 35.1. The Kier molecular flexibility index (Phi) is 41.0. The highest BCUT2D eigenvalue weighted by Crippen LogP contribution is 2.18. The second-order valence-corrected chi connectivity index (χ2v) is 15.3. The Balaban J connectivity index is 4.19. The van der Waals surface area contributed by atoms with Crippen molar-refractivity contribution < 1.29 is 24.2 Å². The lowest BCUT2D eigenvalue weighted by Crippen LogP contribution is -2.28. The maximum Gasteiger partial charge on any atom is 0.322 e. The molecular weight excluding hydrogens is 671 g/mol. The van der Waals surface area contributed by atoms with E-state index in [0.717, 1.165) is 83.5 Å². The van der Waals surface area contributed by atoms with Crippen LogP contribution < -0.4 is 5.32 Å². The standard InChI is InChI=1S/C48H85NO5/c1-3-5-7-9-11-13-15-17-18-19-20-21-22-24-26-28-30-35-39-43-48(53)54-45(41-37-33-31-34-38-42-46(50)49-44-47(51)52)40-36-32-29-27-25-23-16-14-12-10-8-6-4-2/h11,13,16-18,23,27,29,45H,3-10,12,14-15,19-22,24-26,28,30-44H2,1-2H3,(H,49,50)(H,51,52)/b13-11-,18-17-,23-16-,29-27-. The van der Waals surface area contributed by atoms with Crippen LogP contribution in [-0.4, -0.2) is 35.6 Å². The first kappa shape index (κ1) is 51.4. The van der Waals surface area contributed by atoms with Crippen LogP contribution in [0.15, 0.2) is 48.6 Å². The van der Waals surface area contributed by atoms with Crippen molar-refractivity contribution in [2.75, 3.05) is 6.54 Å². The van der Waals surface area contributed by atoms with Crippen molar-refractivity contribution in [3.63, 3.8) is 0 Å². The molecule has 312 valence electrons. The van der Waals surface area contributed by atoms with Crippen molar-refractivity contribution >= 4 is 17.8 Å². The highest BCUT2D eigenvalue weighted by atomic mass is 16.5. The second-order valence-electron chi connectivity index (χ2n) is 15.3. The maximum atomic E-state index is 12.8. The Labute approximate surface area is 333 Å². The zero-order valence-electron chi connectivity index (χ0n) is 35.3. The summed E-state index contributed by atoms with van der Waals surface area (Å²) in [6.07, 6.45) is 55.2. The summed E-state index contributed by atoms with van der Waals surface area (Å²) in [6, 6.07) is 0. The molecule has 0 aliphatic heterocycles. The smallest absolute Gasteiger partial charge is 0.322 e. The minimum absolute atomic E-state index is 0.0204. The van der Waals surface area contributed by atoms with Crippen LogP contribution >= 0.6 is 0 Å². The van der Waals surface area contributed by atoms with Crippen molar-refractivity contribution in [3.05, 3.63) is 48.6 Å². The van der Waals surface area contributed by atoms with Gasteiger partial charge in [0.05, 0.1) is 0 Å². The van der Waals surface area contributed by atoms with Gasteiger partial charge >= 0.3 is 11.9 Å². The van der Waals surface area contributed by atoms with Gasteiger partial charge in [0.1, 0.15) is 12.6 Å². The van der Waals surface area contributed by atoms with E-state index in [4.69, 9.17) is 9.84 Å². The summed E-state index contributed by atoms with van der Waals surface area (Å²) in [5.74, 6) is -1.26. The lowest BCUT2D eigenvalue weighted by Gasteiger charge is -2.18. The fourth-order valence-corrected chi connectivity index (χ4v) is 6.58. The number of hydrogen-bond acceptors (Lipinski definition) is 4. The van der Waals surface area contributed by atoms with Gasteiger partial charge in [-0.3, -0.25) is 14.4 Å². The molecule has 2 N–H and O–H groups in total. The number of esters is 1. The molecule has 0 aromatic carbocycles. The van der Waals surface area contributed by atoms with Gasteiger partial charge in [-0.2, -0.15) is 0 Å². The largest absolute Gasteiger partial charge is 0.480 e.